The number of rotatable bonds is 2. The molecule has 2 rings (SSSR count). The SMILES string of the molecule is CC(C)C1CN(C(=O)C2(N)CCCCC2)CCS1. The molecule has 1 amide bonds. The smallest absolute Gasteiger partial charge is 0.242 e. The van der Waals surface area contributed by atoms with Gasteiger partial charge < -0.3 is 10.6 Å². The van der Waals surface area contributed by atoms with Crippen LogP contribution >= 0.6 is 11.8 Å². The maximum absolute atomic E-state index is 12.6. The second-order valence-electron chi connectivity index (χ2n) is 6.12. The zero-order valence-electron chi connectivity index (χ0n) is 11.7. The van der Waals surface area contributed by atoms with Crippen molar-refractivity contribution in [1.82, 2.24) is 4.90 Å². The Kier molecular flexibility index (Phi) is 4.59. The van der Waals surface area contributed by atoms with Crippen molar-refractivity contribution in [3.63, 3.8) is 0 Å². The largest absolute Gasteiger partial charge is 0.339 e. The van der Waals surface area contributed by atoms with E-state index in [2.05, 4.69) is 13.8 Å². The van der Waals surface area contributed by atoms with E-state index in [9.17, 15) is 4.79 Å². The molecule has 1 aliphatic carbocycles. The molecule has 0 aromatic carbocycles. The molecule has 1 aliphatic heterocycles. The van der Waals surface area contributed by atoms with Gasteiger partial charge in [-0.1, -0.05) is 33.1 Å². The predicted octanol–water partition coefficient (Wildman–Crippen LogP) is 2.25. The average molecular weight is 270 g/mol. The molecule has 2 aliphatic rings. The van der Waals surface area contributed by atoms with Crippen LogP contribution in [-0.4, -0.2) is 40.4 Å². The minimum atomic E-state index is -0.554. The van der Waals surface area contributed by atoms with Crippen LogP contribution in [0.25, 0.3) is 0 Å². The molecule has 1 saturated carbocycles. The standard InChI is InChI=1S/C14H26N2OS/c1-11(2)12-10-16(8-9-18-12)13(17)14(15)6-4-3-5-7-14/h11-12H,3-10,15H2,1-2H3. The summed E-state index contributed by atoms with van der Waals surface area (Å²) in [6.45, 7) is 6.25. The molecular formula is C14H26N2OS. The van der Waals surface area contributed by atoms with Gasteiger partial charge in [-0.25, -0.2) is 0 Å². The number of nitrogens with two attached hydrogens (primary N) is 1. The summed E-state index contributed by atoms with van der Waals surface area (Å²) in [4.78, 5) is 14.7. The third-order valence-corrected chi connectivity index (χ3v) is 5.84. The van der Waals surface area contributed by atoms with Gasteiger partial charge in [-0.05, 0) is 18.8 Å². The van der Waals surface area contributed by atoms with Gasteiger partial charge in [0.05, 0.1) is 5.54 Å². The summed E-state index contributed by atoms with van der Waals surface area (Å²) in [5.41, 5.74) is 5.80. The molecular weight excluding hydrogens is 244 g/mol. The summed E-state index contributed by atoms with van der Waals surface area (Å²) in [7, 11) is 0. The fraction of sp³-hybridized carbons (Fsp3) is 0.929. The Labute approximate surface area is 115 Å². The van der Waals surface area contributed by atoms with Crippen LogP contribution in [0, 0.1) is 5.92 Å². The second kappa shape index (κ2) is 5.83. The van der Waals surface area contributed by atoms with Crippen LogP contribution in [0.1, 0.15) is 46.0 Å². The monoisotopic (exact) mass is 270 g/mol. The molecule has 18 heavy (non-hydrogen) atoms. The van der Waals surface area contributed by atoms with E-state index in [-0.39, 0.29) is 5.91 Å². The zero-order valence-corrected chi connectivity index (χ0v) is 12.5. The molecule has 1 saturated heterocycles. The Morgan fingerprint density at radius 3 is 2.61 bits per heavy atom. The quantitative estimate of drug-likeness (QED) is 0.837. The molecule has 0 bridgehead atoms. The molecule has 0 aromatic rings. The third-order valence-electron chi connectivity index (χ3n) is 4.30. The van der Waals surface area contributed by atoms with Crippen molar-refractivity contribution in [2.24, 2.45) is 11.7 Å². The van der Waals surface area contributed by atoms with E-state index in [4.69, 9.17) is 5.73 Å². The minimum Gasteiger partial charge on any atom is -0.339 e. The van der Waals surface area contributed by atoms with Gasteiger partial charge in [0.2, 0.25) is 5.91 Å². The Morgan fingerprint density at radius 1 is 1.33 bits per heavy atom. The number of thioether (sulfide) groups is 1. The average Bonchev–Trinajstić information content (AvgIpc) is 2.39. The lowest BCUT2D eigenvalue weighted by molar-refractivity contribution is -0.138. The topological polar surface area (TPSA) is 46.3 Å². The molecule has 3 nitrogen and oxygen atoms in total. The summed E-state index contributed by atoms with van der Waals surface area (Å²) in [5, 5.41) is 0.579. The van der Waals surface area contributed by atoms with Gasteiger partial charge in [-0.15, -0.1) is 0 Å². The molecule has 2 fully saturated rings. The van der Waals surface area contributed by atoms with E-state index in [0.717, 1.165) is 44.5 Å². The maximum Gasteiger partial charge on any atom is 0.242 e. The fourth-order valence-electron chi connectivity index (χ4n) is 2.97. The van der Waals surface area contributed by atoms with Crippen LogP contribution in [0.5, 0.6) is 0 Å². The van der Waals surface area contributed by atoms with Crippen LogP contribution < -0.4 is 5.73 Å². The summed E-state index contributed by atoms with van der Waals surface area (Å²) in [6, 6.07) is 0. The first-order chi connectivity index (χ1) is 8.53. The van der Waals surface area contributed by atoms with E-state index < -0.39 is 5.54 Å². The summed E-state index contributed by atoms with van der Waals surface area (Å²) in [5.74, 6) is 1.91. The molecule has 0 spiro atoms. The van der Waals surface area contributed by atoms with Crippen LogP contribution in [0.2, 0.25) is 0 Å². The van der Waals surface area contributed by atoms with Crippen molar-refractivity contribution in [2.45, 2.75) is 56.7 Å². The van der Waals surface area contributed by atoms with Crippen LogP contribution in [0.15, 0.2) is 0 Å². The van der Waals surface area contributed by atoms with Gasteiger partial charge >= 0.3 is 0 Å². The van der Waals surface area contributed by atoms with Crippen molar-refractivity contribution in [1.29, 1.82) is 0 Å². The Morgan fingerprint density at radius 2 is 2.00 bits per heavy atom. The number of hydrogen-bond acceptors (Lipinski definition) is 3. The number of carbonyl (C=O) groups is 1. The number of nitrogens with zero attached hydrogens (tertiary/aromatic N) is 1. The van der Waals surface area contributed by atoms with Crippen molar-refractivity contribution >= 4 is 17.7 Å². The second-order valence-corrected chi connectivity index (χ2v) is 7.47. The van der Waals surface area contributed by atoms with Crippen molar-refractivity contribution in [3.8, 4) is 0 Å². The molecule has 2 N–H and O–H groups in total. The lowest BCUT2D eigenvalue weighted by Crippen LogP contribution is -2.58. The van der Waals surface area contributed by atoms with Gasteiger partial charge in [0, 0.05) is 24.1 Å². The first-order valence-corrected chi connectivity index (χ1v) is 8.28. The molecule has 1 atom stereocenters. The van der Waals surface area contributed by atoms with Crippen LogP contribution in [0.3, 0.4) is 0 Å². The summed E-state index contributed by atoms with van der Waals surface area (Å²) < 4.78 is 0. The first kappa shape index (κ1) is 14.2. The third kappa shape index (κ3) is 3.02. The summed E-state index contributed by atoms with van der Waals surface area (Å²) >= 11 is 2.00. The molecule has 4 heteroatoms. The predicted molar refractivity (Wildman–Crippen MR) is 77.7 cm³/mol. The van der Waals surface area contributed by atoms with E-state index in [0.29, 0.717) is 11.2 Å². The molecule has 0 radical (unpaired) electrons. The van der Waals surface area contributed by atoms with Gasteiger partial charge in [-0.2, -0.15) is 11.8 Å². The van der Waals surface area contributed by atoms with Crippen LogP contribution in [-0.2, 0) is 4.79 Å². The highest BCUT2D eigenvalue weighted by Crippen LogP contribution is 2.31. The van der Waals surface area contributed by atoms with E-state index >= 15 is 0 Å². The maximum atomic E-state index is 12.6. The van der Waals surface area contributed by atoms with Crippen molar-refractivity contribution in [3.05, 3.63) is 0 Å². The van der Waals surface area contributed by atoms with Crippen molar-refractivity contribution in [2.75, 3.05) is 18.8 Å². The summed E-state index contributed by atoms with van der Waals surface area (Å²) in [6.07, 6.45) is 5.21. The zero-order chi connectivity index (χ0) is 13.2. The Hall–Kier alpha value is -0.220. The highest BCUT2D eigenvalue weighted by Gasteiger charge is 2.39. The van der Waals surface area contributed by atoms with Crippen molar-refractivity contribution < 1.29 is 4.79 Å². The number of hydrogen-bond donors (Lipinski definition) is 1. The molecule has 1 unspecified atom stereocenters. The number of amides is 1. The minimum absolute atomic E-state index is 0.216. The Bertz CT molecular complexity index is 300. The van der Waals surface area contributed by atoms with Crippen LogP contribution in [0.4, 0.5) is 0 Å². The number of carbonyl (C=O) groups excluding carboxylic acids is 1. The lowest BCUT2D eigenvalue weighted by atomic mass is 9.81. The van der Waals surface area contributed by atoms with E-state index in [1.807, 2.05) is 16.7 Å². The lowest BCUT2D eigenvalue weighted by Gasteiger charge is -2.41. The highest BCUT2D eigenvalue weighted by atomic mass is 32.2. The molecule has 104 valence electrons. The van der Waals surface area contributed by atoms with Gasteiger partial charge in [-0.3, -0.25) is 4.79 Å². The molecule has 1 heterocycles. The van der Waals surface area contributed by atoms with Gasteiger partial charge in [0.1, 0.15) is 0 Å². The van der Waals surface area contributed by atoms with Gasteiger partial charge in [0.15, 0.2) is 0 Å². The first-order valence-electron chi connectivity index (χ1n) is 7.23. The Balaban J connectivity index is 1.99. The highest BCUT2D eigenvalue weighted by molar-refractivity contribution is 8.00. The fourth-order valence-corrected chi connectivity index (χ4v) is 4.27. The normalized spacial score (nSPS) is 28.4. The molecule has 0 aromatic heterocycles. The van der Waals surface area contributed by atoms with Gasteiger partial charge in [0.25, 0.3) is 0 Å². The van der Waals surface area contributed by atoms with E-state index in [1.54, 1.807) is 0 Å². The van der Waals surface area contributed by atoms with E-state index in [1.165, 1.54) is 6.42 Å².